The molecule has 20 heteroatoms. The molecule has 0 spiro atoms. The van der Waals surface area contributed by atoms with Crippen LogP contribution in [-0.2, 0) is 23.6 Å². The lowest BCUT2D eigenvalue weighted by molar-refractivity contribution is 0.0592. The molecule has 0 saturated carbocycles. The first kappa shape index (κ1) is 34.5. The number of nitrogens with zero attached hydrogens (tertiary/aromatic N) is 14. The highest BCUT2D eigenvalue weighted by Gasteiger charge is 2.24. The lowest BCUT2D eigenvalue weighted by Gasteiger charge is -2.06. The van der Waals surface area contributed by atoms with Gasteiger partial charge in [0.15, 0.2) is 46.3 Å². The van der Waals surface area contributed by atoms with Gasteiger partial charge in [-0.25, -0.2) is 28.9 Å². The molecule has 7 aromatic rings. The van der Waals surface area contributed by atoms with Crippen LogP contribution in [0.2, 0.25) is 0 Å². The minimum atomic E-state index is -0.626. The predicted octanol–water partition coefficient (Wildman–Crippen LogP) is 5.22. The van der Waals surface area contributed by atoms with E-state index in [0.29, 0.717) is 22.5 Å². The van der Waals surface area contributed by atoms with Gasteiger partial charge in [0.1, 0.15) is 28.8 Å². The highest BCUT2D eigenvalue weighted by Crippen LogP contribution is 2.39. The lowest BCUT2D eigenvalue weighted by atomic mass is 10.1. The number of aryl methyl sites for hydroxylation is 2. The van der Waals surface area contributed by atoms with Gasteiger partial charge in [-0.15, -0.1) is 20.5 Å². The summed E-state index contributed by atoms with van der Waals surface area (Å²) in [5.41, 5.74) is 16.2. The number of esters is 2. The van der Waals surface area contributed by atoms with Crippen molar-refractivity contribution >= 4 is 46.6 Å². The molecule has 0 bridgehead atoms. The van der Waals surface area contributed by atoms with E-state index in [1.807, 2.05) is 60.7 Å². The lowest BCUT2D eigenvalue weighted by Crippen LogP contribution is -2.09. The number of hydrogen-bond acceptors (Lipinski definition) is 16. The van der Waals surface area contributed by atoms with Crippen LogP contribution in [0.15, 0.2) is 106 Å². The fraction of sp³-hybridized carbons (Fsp3) is 0.118. The molecule has 5 aromatic heterocycles. The van der Waals surface area contributed by atoms with Crippen molar-refractivity contribution in [3.8, 4) is 34.2 Å². The Balaban J connectivity index is 1.33. The first-order valence-corrected chi connectivity index (χ1v) is 15.9. The Morgan fingerprint density at radius 3 is 1.43 bits per heavy atom. The Bertz CT molecular complexity index is 2390. The molecule has 0 aliphatic rings. The zero-order chi connectivity index (χ0) is 37.9. The Labute approximate surface area is 305 Å². The maximum Gasteiger partial charge on any atom is 0.343 e. The number of ether oxygens (including phenoxy) is 2. The second-order valence-corrected chi connectivity index (χ2v) is 11.3. The number of benzene rings is 2. The van der Waals surface area contributed by atoms with E-state index in [0.717, 1.165) is 0 Å². The van der Waals surface area contributed by atoms with Gasteiger partial charge in [-0.05, 0) is 0 Å². The van der Waals surface area contributed by atoms with E-state index >= 15 is 0 Å². The summed E-state index contributed by atoms with van der Waals surface area (Å²) >= 11 is 0. The number of nitrogen functional groups attached to an aromatic ring is 2. The van der Waals surface area contributed by atoms with Crippen LogP contribution in [0.25, 0.3) is 34.2 Å². The van der Waals surface area contributed by atoms with Crippen LogP contribution in [0.5, 0.6) is 0 Å². The van der Waals surface area contributed by atoms with Crippen LogP contribution in [0.1, 0.15) is 20.7 Å². The fourth-order valence-corrected chi connectivity index (χ4v) is 5.34. The number of azo groups is 2. The maximum absolute atomic E-state index is 12.4. The molecule has 0 amide bonds. The van der Waals surface area contributed by atoms with E-state index in [1.54, 1.807) is 20.2 Å². The number of nitrogens with two attached hydrogens (primary N) is 2. The molecule has 54 heavy (non-hydrogen) atoms. The molecular weight excluding hydrogens is 696 g/mol. The summed E-state index contributed by atoms with van der Waals surface area (Å²) in [5.74, 6) is -0.314. The van der Waals surface area contributed by atoms with Gasteiger partial charge in [0.25, 0.3) is 0 Å². The number of methoxy groups -OCH3 is 2. The molecule has 0 atom stereocenters. The average molecular weight is 727 g/mol. The normalized spacial score (nSPS) is 11.5. The third kappa shape index (κ3) is 6.29. The van der Waals surface area contributed by atoms with Crippen LogP contribution in [0.4, 0.5) is 34.6 Å². The summed E-state index contributed by atoms with van der Waals surface area (Å²) in [6, 6.07) is 20.0. The number of hydrogen-bond donors (Lipinski definition) is 2. The Hall–Kier alpha value is -7.90. The second kappa shape index (κ2) is 14.4. The minimum Gasteiger partial charge on any atom is -0.465 e. The number of rotatable bonds is 10. The van der Waals surface area contributed by atoms with E-state index < -0.39 is 11.9 Å². The number of aromatic nitrogens is 10. The zero-order valence-electron chi connectivity index (χ0n) is 29.1. The van der Waals surface area contributed by atoms with E-state index in [9.17, 15) is 9.59 Å². The summed E-state index contributed by atoms with van der Waals surface area (Å²) < 4.78 is 15.3. The molecule has 0 radical (unpaired) electrons. The molecular formula is C34H30N16O4. The molecule has 5 heterocycles. The van der Waals surface area contributed by atoms with Crippen LogP contribution >= 0.6 is 0 Å². The van der Waals surface area contributed by atoms with Gasteiger partial charge in [0.2, 0.25) is 0 Å². The van der Waals surface area contributed by atoms with Crippen LogP contribution in [0.3, 0.4) is 0 Å². The number of carbonyl (C=O) groups excluding carboxylic acids is 2. The van der Waals surface area contributed by atoms with Crippen LogP contribution < -0.4 is 11.5 Å². The predicted molar refractivity (Wildman–Crippen MR) is 193 cm³/mol. The van der Waals surface area contributed by atoms with Gasteiger partial charge in [0.05, 0.1) is 26.6 Å². The van der Waals surface area contributed by atoms with E-state index in [-0.39, 0.29) is 57.4 Å². The first-order chi connectivity index (χ1) is 26.2. The van der Waals surface area contributed by atoms with Crippen LogP contribution in [-0.4, -0.2) is 75.2 Å². The fourth-order valence-electron chi connectivity index (χ4n) is 5.34. The summed E-state index contributed by atoms with van der Waals surface area (Å²) in [6.45, 7) is 0. The van der Waals surface area contributed by atoms with Gasteiger partial charge < -0.3 is 20.9 Å². The molecule has 0 fully saturated rings. The Morgan fingerprint density at radius 1 is 0.630 bits per heavy atom. The molecule has 2 aromatic carbocycles. The van der Waals surface area contributed by atoms with E-state index in [4.69, 9.17) is 31.1 Å². The van der Waals surface area contributed by atoms with Gasteiger partial charge >= 0.3 is 11.9 Å². The number of carbonyl (C=O) groups is 2. The molecule has 0 saturated heterocycles. The summed E-state index contributed by atoms with van der Waals surface area (Å²) in [4.78, 5) is 33.6. The van der Waals surface area contributed by atoms with Crippen LogP contribution in [0, 0.1) is 0 Å². The maximum atomic E-state index is 12.4. The monoisotopic (exact) mass is 726 g/mol. The van der Waals surface area contributed by atoms with E-state index in [2.05, 4.69) is 40.6 Å². The average Bonchev–Trinajstić information content (AvgIpc) is 3.95. The minimum absolute atomic E-state index is 0.0783. The standard InChI is InChI=1S/C34H30N16O4/c1-47-31(21(16-39-47)33(51)53-3)43-41-27-25(19-11-7-5-8-12-19)45-49(29(27)35)23-15-24(38-18-37-23)50-30(36)28(26(46-50)20-13-9-6-10-14-20)42-44-32-22(34(52)54-4)17-40-48(32)2/h5-18H,35-36H2,1-4H3/b43-41+,44-42+. The first-order valence-electron chi connectivity index (χ1n) is 15.9. The van der Waals surface area contributed by atoms with Gasteiger partial charge in [-0.3, -0.25) is 0 Å². The molecule has 4 N–H and O–H groups in total. The Morgan fingerprint density at radius 2 is 1.04 bits per heavy atom. The largest absolute Gasteiger partial charge is 0.465 e. The van der Waals surface area contributed by atoms with Crippen molar-refractivity contribution in [1.29, 1.82) is 0 Å². The highest BCUT2D eigenvalue weighted by atomic mass is 16.5. The smallest absolute Gasteiger partial charge is 0.343 e. The van der Waals surface area contributed by atoms with Crippen molar-refractivity contribution in [3.05, 3.63) is 96.6 Å². The Kier molecular flexibility index (Phi) is 9.20. The topological polar surface area (TPSA) is 251 Å². The third-order valence-electron chi connectivity index (χ3n) is 8.07. The summed E-state index contributed by atoms with van der Waals surface area (Å²) in [6.07, 6.45) is 3.97. The molecule has 20 nitrogen and oxygen atoms in total. The molecule has 270 valence electrons. The summed E-state index contributed by atoms with van der Waals surface area (Å²) in [7, 11) is 5.75. The molecule has 7 rings (SSSR count). The third-order valence-corrected chi connectivity index (χ3v) is 8.07. The van der Waals surface area contributed by atoms with Gasteiger partial charge in [-0.2, -0.15) is 29.8 Å². The van der Waals surface area contributed by atoms with Crippen molar-refractivity contribution in [1.82, 2.24) is 49.1 Å². The second-order valence-electron chi connectivity index (χ2n) is 11.3. The van der Waals surface area contributed by atoms with Gasteiger partial charge in [0, 0.05) is 31.3 Å². The van der Waals surface area contributed by atoms with Crippen molar-refractivity contribution < 1.29 is 19.1 Å². The highest BCUT2D eigenvalue weighted by molar-refractivity contribution is 5.94. The van der Waals surface area contributed by atoms with Crippen molar-refractivity contribution in [3.63, 3.8) is 0 Å². The quantitative estimate of drug-likeness (QED) is 0.136. The van der Waals surface area contributed by atoms with E-state index in [1.165, 1.54) is 51.7 Å². The SMILES string of the molecule is COC(=O)c1cnn(C)c1/N=N/c1c(-c2ccccc2)nn(-c2cc(-n3nc(-c4ccccc4)c(/N=N/c4c(C(=O)OC)cnn4C)c3N)ncn2)c1N. The molecule has 0 unspecified atom stereocenters. The number of anilines is 2. The van der Waals surface area contributed by atoms with Crippen molar-refractivity contribution in [2.24, 2.45) is 34.6 Å². The molecule has 0 aliphatic heterocycles. The van der Waals surface area contributed by atoms with Gasteiger partial charge in [-0.1, -0.05) is 60.7 Å². The zero-order valence-corrected chi connectivity index (χ0v) is 29.1. The molecule has 0 aliphatic carbocycles. The van der Waals surface area contributed by atoms with Crippen molar-refractivity contribution in [2.45, 2.75) is 0 Å². The van der Waals surface area contributed by atoms with Crippen molar-refractivity contribution in [2.75, 3.05) is 25.7 Å². The summed E-state index contributed by atoms with van der Waals surface area (Å²) in [5, 5.41) is 35.2.